The molecule has 1 saturated heterocycles. The van der Waals surface area contributed by atoms with Gasteiger partial charge in [-0.25, -0.2) is 9.98 Å². The topological polar surface area (TPSA) is 112 Å². The summed E-state index contributed by atoms with van der Waals surface area (Å²) in [7, 11) is 0. The van der Waals surface area contributed by atoms with Crippen molar-refractivity contribution in [2.24, 2.45) is 10.9 Å². The molecule has 148 valence electrons. The van der Waals surface area contributed by atoms with Gasteiger partial charge in [0.2, 0.25) is 17.7 Å². The van der Waals surface area contributed by atoms with E-state index >= 15 is 0 Å². The Labute approximate surface area is 166 Å². The van der Waals surface area contributed by atoms with E-state index in [1.54, 1.807) is 21.3 Å². The average molecular weight is 403 g/mol. The van der Waals surface area contributed by atoms with Crippen molar-refractivity contribution >= 4 is 46.3 Å². The Kier molecular flexibility index (Phi) is 6.30. The van der Waals surface area contributed by atoms with Crippen molar-refractivity contribution in [3.05, 3.63) is 23.2 Å². The minimum atomic E-state index is -0.937. The fourth-order valence-electron chi connectivity index (χ4n) is 2.97. The molecule has 1 atom stereocenters. The fourth-order valence-corrected chi connectivity index (χ4v) is 3.71. The maximum atomic E-state index is 12.3. The molecule has 0 radical (unpaired) electrons. The molecule has 3 heterocycles. The first kappa shape index (κ1) is 19.9. The highest BCUT2D eigenvalue weighted by molar-refractivity contribution is 7.13. The van der Waals surface area contributed by atoms with Gasteiger partial charge in [-0.1, -0.05) is 6.08 Å². The van der Waals surface area contributed by atoms with Crippen LogP contribution in [0.25, 0.3) is 0 Å². The van der Waals surface area contributed by atoms with E-state index in [1.165, 1.54) is 30.6 Å². The monoisotopic (exact) mass is 403 g/mol. The predicted molar refractivity (Wildman–Crippen MR) is 104 cm³/mol. The Bertz CT molecular complexity index is 839. The summed E-state index contributed by atoms with van der Waals surface area (Å²) in [6.45, 7) is 3.74. The second kappa shape index (κ2) is 8.87. The van der Waals surface area contributed by atoms with Crippen LogP contribution in [0.1, 0.15) is 19.0 Å². The lowest BCUT2D eigenvalue weighted by molar-refractivity contribution is -0.138. The molecular formula is C18H21N5O4S. The summed E-state index contributed by atoms with van der Waals surface area (Å²) in [5.74, 6) is -1.86. The molecule has 0 spiro atoms. The van der Waals surface area contributed by atoms with Gasteiger partial charge in [-0.2, -0.15) is 0 Å². The van der Waals surface area contributed by atoms with Gasteiger partial charge < -0.3 is 15.1 Å². The molecule has 0 saturated carbocycles. The second-order valence-corrected chi connectivity index (χ2v) is 7.36. The SMILES string of the molecule is CC(=O)N1CCN(C(=O)CCc2csc(NC(=O)C3C=CC=NC3=O)n2)CC1. The standard InChI is InChI=1S/C18H21N5O4S/c1-12(24)22-7-9-23(10-8-22)15(25)5-4-13-11-28-18(20-13)21-17(27)14-3-2-6-19-16(14)26/h2-3,6,11,14H,4-5,7-10H2,1H3,(H,20,21,27). The molecule has 0 aromatic carbocycles. The van der Waals surface area contributed by atoms with Gasteiger partial charge in [0.05, 0.1) is 5.69 Å². The van der Waals surface area contributed by atoms with Crippen molar-refractivity contribution in [2.45, 2.75) is 19.8 Å². The van der Waals surface area contributed by atoms with E-state index < -0.39 is 17.7 Å². The van der Waals surface area contributed by atoms with Crippen LogP contribution < -0.4 is 5.32 Å². The third kappa shape index (κ3) is 4.89. The summed E-state index contributed by atoms with van der Waals surface area (Å²) in [5.41, 5.74) is 0.708. The first-order valence-corrected chi connectivity index (χ1v) is 9.85. The molecule has 2 aliphatic heterocycles. The van der Waals surface area contributed by atoms with Crippen molar-refractivity contribution < 1.29 is 19.2 Å². The Hall–Kier alpha value is -2.88. The van der Waals surface area contributed by atoms with E-state index in [0.717, 1.165) is 0 Å². The first-order valence-electron chi connectivity index (χ1n) is 8.97. The molecule has 0 aliphatic carbocycles. The number of thiazole rings is 1. The number of hydrogen-bond acceptors (Lipinski definition) is 6. The van der Waals surface area contributed by atoms with Crippen LogP contribution in [-0.2, 0) is 25.6 Å². The lowest BCUT2D eigenvalue weighted by Gasteiger charge is -2.34. The van der Waals surface area contributed by atoms with Crippen LogP contribution in [0.3, 0.4) is 0 Å². The van der Waals surface area contributed by atoms with Crippen LogP contribution in [0.2, 0.25) is 0 Å². The number of hydrogen-bond donors (Lipinski definition) is 1. The number of rotatable bonds is 5. The summed E-state index contributed by atoms with van der Waals surface area (Å²) in [4.78, 5) is 58.9. The number of carbonyl (C=O) groups excluding carboxylic acids is 4. The summed E-state index contributed by atoms with van der Waals surface area (Å²) in [6.07, 6.45) is 5.18. The molecule has 4 amide bonds. The minimum Gasteiger partial charge on any atom is -0.339 e. The number of carbonyl (C=O) groups is 4. The maximum Gasteiger partial charge on any atom is 0.262 e. The van der Waals surface area contributed by atoms with E-state index in [9.17, 15) is 19.2 Å². The Balaban J connectivity index is 1.46. The number of anilines is 1. The normalized spacial score (nSPS) is 19.0. The summed E-state index contributed by atoms with van der Waals surface area (Å²) in [6, 6.07) is 0. The summed E-state index contributed by atoms with van der Waals surface area (Å²) >= 11 is 1.25. The molecule has 1 unspecified atom stereocenters. The Morgan fingerprint density at radius 1 is 1.21 bits per heavy atom. The highest BCUT2D eigenvalue weighted by Crippen LogP contribution is 2.19. The Morgan fingerprint density at radius 2 is 1.93 bits per heavy atom. The zero-order chi connectivity index (χ0) is 20.1. The van der Waals surface area contributed by atoms with Crippen LogP contribution in [0, 0.1) is 5.92 Å². The van der Waals surface area contributed by atoms with E-state index in [-0.39, 0.29) is 11.8 Å². The number of allylic oxidation sites excluding steroid dienone is 1. The highest BCUT2D eigenvalue weighted by Gasteiger charge is 2.26. The quantitative estimate of drug-likeness (QED) is 0.719. The predicted octanol–water partition coefficient (Wildman–Crippen LogP) is 0.488. The van der Waals surface area contributed by atoms with Gasteiger partial charge in [-0.3, -0.25) is 19.2 Å². The van der Waals surface area contributed by atoms with Crippen molar-refractivity contribution in [1.82, 2.24) is 14.8 Å². The van der Waals surface area contributed by atoms with Crippen LogP contribution in [0.15, 0.2) is 22.5 Å². The van der Waals surface area contributed by atoms with Gasteiger partial charge in [-0.05, 0) is 12.5 Å². The lowest BCUT2D eigenvalue weighted by atomic mass is 10.1. The van der Waals surface area contributed by atoms with E-state index in [1.807, 2.05) is 0 Å². The summed E-state index contributed by atoms with van der Waals surface area (Å²) < 4.78 is 0. The molecule has 2 aliphatic rings. The zero-order valence-electron chi connectivity index (χ0n) is 15.5. The van der Waals surface area contributed by atoms with Crippen LogP contribution in [0.5, 0.6) is 0 Å². The molecule has 3 rings (SSSR count). The van der Waals surface area contributed by atoms with Gasteiger partial charge in [0, 0.05) is 51.1 Å². The van der Waals surface area contributed by atoms with Gasteiger partial charge >= 0.3 is 0 Å². The van der Waals surface area contributed by atoms with Gasteiger partial charge in [-0.15, -0.1) is 11.3 Å². The third-order valence-corrected chi connectivity index (χ3v) is 5.40. The average Bonchev–Trinajstić information content (AvgIpc) is 3.13. The lowest BCUT2D eigenvalue weighted by Crippen LogP contribution is -2.50. The smallest absolute Gasteiger partial charge is 0.262 e. The molecule has 1 fully saturated rings. The number of piperazine rings is 1. The number of amides is 4. The molecule has 28 heavy (non-hydrogen) atoms. The number of dihydropyridines is 1. The number of aromatic nitrogens is 1. The maximum absolute atomic E-state index is 12.3. The fraction of sp³-hybridized carbons (Fsp3) is 0.444. The molecule has 10 heteroatoms. The highest BCUT2D eigenvalue weighted by atomic mass is 32.1. The second-order valence-electron chi connectivity index (χ2n) is 6.50. The number of aryl methyl sites for hydroxylation is 1. The van der Waals surface area contributed by atoms with E-state index in [0.29, 0.717) is 49.8 Å². The third-order valence-electron chi connectivity index (χ3n) is 4.59. The van der Waals surface area contributed by atoms with Crippen LogP contribution in [-0.4, -0.2) is 70.8 Å². The molecule has 1 aromatic heterocycles. The minimum absolute atomic E-state index is 0.0255. The van der Waals surface area contributed by atoms with Gasteiger partial charge in [0.25, 0.3) is 5.91 Å². The first-order chi connectivity index (χ1) is 13.4. The molecule has 9 nitrogen and oxygen atoms in total. The van der Waals surface area contributed by atoms with Gasteiger partial charge in [0.15, 0.2) is 5.13 Å². The Morgan fingerprint density at radius 3 is 2.61 bits per heavy atom. The van der Waals surface area contributed by atoms with Crippen LogP contribution in [0.4, 0.5) is 5.13 Å². The molecule has 1 N–H and O–H groups in total. The number of nitrogens with zero attached hydrogens (tertiary/aromatic N) is 4. The van der Waals surface area contributed by atoms with Crippen molar-refractivity contribution in [3.63, 3.8) is 0 Å². The van der Waals surface area contributed by atoms with Crippen molar-refractivity contribution in [2.75, 3.05) is 31.5 Å². The molecule has 1 aromatic rings. The van der Waals surface area contributed by atoms with Gasteiger partial charge in [0.1, 0.15) is 5.92 Å². The van der Waals surface area contributed by atoms with E-state index in [4.69, 9.17) is 0 Å². The zero-order valence-corrected chi connectivity index (χ0v) is 16.3. The van der Waals surface area contributed by atoms with Crippen molar-refractivity contribution in [3.8, 4) is 0 Å². The van der Waals surface area contributed by atoms with Crippen LogP contribution >= 0.6 is 11.3 Å². The van der Waals surface area contributed by atoms with Crippen molar-refractivity contribution in [1.29, 1.82) is 0 Å². The number of aliphatic imine (C=N–C) groups is 1. The largest absolute Gasteiger partial charge is 0.339 e. The molecule has 0 bridgehead atoms. The number of nitrogens with one attached hydrogen (secondary N) is 1. The molecular weight excluding hydrogens is 382 g/mol. The summed E-state index contributed by atoms with van der Waals surface area (Å²) in [5, 5.41) is 4.79. The van der Waals surface area contributed by atoms with E-state index in [2.05, 4.69) is 15.3 Å².